The van der Waals surface area contributed by atoms with Gasteiger partial charge in [0.25, 0.3) is 0 Å². The smallest absolute Gasteiger partial charge is 0.212 e. The third-order valence-electron chi connectivity index (χ3n) is 3.70. The molecule has 0 spiro atoms. The Morgan fingerprint density at radius 3 is 2.42 bits per heavy atom. The van der Waals surface area contributed by atoms with E-state index in [1.165, 1.54) is 0 Å². The second kappa shape index (κ2) is 6.30. The first-order chi connectivity index (χ1) is 11.7. The lowest BCUT2D eigenvalue weighted by molar-refractivity contribution is 0.415. The first-order valence-electron chi connectivity index (χ1n) is 7.31. The van der Waals surface area contributed by atoms with Crippen molar-refractivity contribution in [2.75, 3.05) is 12.9 Å². The highest BCUT2D eigenvalue weighted by atomic mass is 35.5. The molecule has 0 N–H and O–H groups in total. The zero-order valence-corrected chi connectivity index (χ0v) is 14.4. The van der Waals surface area contributed by atoms with Crippen LogP contribution in [-0.4, -0.2) is 33.4 Å². The van der Waals surface area contributed by atoms with E-state index in [1.54, 1.807) is 23.5 Å². The lowest BCUT2D eigenvalue weighted by Gasteiger charge is -2.14. The third-order valence-corrected chi connectivity index (χ3v) is 4.88. The molecule has 1 aliphatic heterocycles. The van der Waals surface area contributed by atoms with Crippen molar-refractivity contribution < 1.29 is 4.74 Å². The van der Waals surface area contributed by atoms with Gasteiger partial charge in [0, 0.05) is 16.3 Å². The van der Waals surface area contributed by atoms with Crippen molar-refractivity contribution >= 4 is 29.1 Å². The monoisotopic (exact) mass is 356 g/mol. The number of rotatable bonds is 3. The molecule has 0 radical (unpaired) electrons. The predicted molar refractivity (Wildman–Crippen MR) is 96.1 cm³/mol. The van der Waals surface area contributed by atoms with Gasteiger partial charge >= 0.3 is 0 Å². The quantitative estimate of drug-likeness (QED) is 0.712. The van der Waals surface area contributed by atoms with E-state index in [-0.39, 0.29) is 0 Å². The molecule has 0 saturated heterocycles. The van der Waals surface area contributed by atoms with Gasteiger partial charge in [-0.05, 0) is 42.0 Å². The Hall–Kier alpha value is -2.31. The molecule has 0 unspecified atom stereocenters. The number of hydrogen-bond acceptors (Lipinski definition) is 5. The van der Waals surface area contributed by atoms with Crippen LogP contribution >= 0.6 is 23.4 Å². The molecule has 24 heavy (non-hydrogen) atoms. The van der Waals surface area contributed by atoms with Crippen LogP contribution in [0.3, 0.4) is 0 Å². The van der Waals surface area contributed by atoms with E-state index in [2.05, 4.69) is 10.2 Å². The van der Waals surface area contributed by atoms with Crippen molar-refractivity contribution in [1.29, 1.82) is 0 Å². The van der Waals surface area contributed by atoms with E-state index in [0.717, 1.165) is 33.5 Å². The predicted octanol–water partition coefficient (Wildman–Crippen LogP) is 3.97. The van der Waals surface area contributed by atoms with Gasteiger partial charge in [0.05, 0.1) is 12.8 Å². The molecule has 1 aliphatic rings. The largest absolute Gasteiger partial charge is 0.497 e. The van der Waals surface area contributed by atoms with E-state index in [9.17, 15) is 0 Å². The number of thioether (sulfide) groups is 1. The van der Waals surface area contributed by atoms with Gasteiger partial charge in [-0.15, -0.1) is 10.2 Å². The molecule has 0 aliphatic carbocycles. The van der Waals surface area contributed by atoms with Crippen molar-refractivity contribution in [3.05, 3.63) is 59.1 Å². The Morgan fingerprint density at radius 1 is 1.00 bits per heavy atom. The molecule has 0 fully saturated rings. The Balaban J connectivity index is 1.74. The van der Waals surface area contributed by atoms with Gasteiger partial charge in [-0.3, -0.25) is 0 Å². The summed E-state index contributed by atoms with van der Waals surface area (Å²) in [4.78, 5) is 0. The lowest BCUT2D eigenvalue weighted by Crippen LogP contribution is -2.13. The molecule has 0 bridgehead atoms. The molecule has 4 rings (SSSR count). The van der Waals surface area contributed by atoms with Crippen molar-refractivity contribution in [2.45, 2.75) is 5.16 Å². The van der Waals surface area contributed by atoms with E-state index < -0.39 is 0 Å². The second-order valence-corrected chi connectivity index (χ2v) is 6.57. The first-order valence-corrected chi connectivity index (χ1v) is 8.67. The summed E-state index contributed by atoms with van der Waals surface area (Å²) in [6.07, 6.45) is 0. The zero-order chi connectivity index (χ0) is 16.5. The molecule has 1 aromatic heterocycles. The van der Waals surface area contributed by atoms with E-state index in [1.807, 2.05) is 48.5 Å². The molecule has 3 aromatic rings. The van der Waals surface area contributed by atoms with Crippen LogP contribution in [0.15, 0.2) is 58.8 Å². The molecular weight excluding hydrogens is 344 g/mol. The van der Waals surface area contributed by atoms with Crippen LogP contribution in [0.25, 0.3) is 11.4 Å². The highest BCUT2D eigenvalue weighted by Gasteiger charge is 2.20. The molecule has 2 aromatic carbocycles. The summed E-state index contributed by atoms with van der Waals surface area (Å²) in [5, 5.41) is 14.8. The van der Waals surface area contributed by atoms with Gasteiger partial charge in [-0.25, -0.2) is 0 Å². The maximum absolute atomic E-state index is 5.96. The Bertz CT molecular complexity index is 903. The molecule has 5 nitrogen and oxygen atoms in total. The van der Waals surface area contributed by atoms with Gasteiger partial charge in [-0.1, -0.05) is 35.5 Å². The van der Waals surface area contributed by atoms with E-state index >= 15 is 0 Å². The average Bonchev–Trinajstić information content (AvgIpc) is 3.05. The standard InChI is InChI=1S/C17H13ClN4OS/c1-23-14-8-4-12(5-9-14)16-19-20-17-22(16)21-15(10-24-17)11-2-6-13(18)7-3-11/h2-9H,10H2,1H3. The number of halogens is 1. The van der Waals surface area contributed by atoms with Crippen LogP contribution < -0.4 is 4.74 Å². The topological polar surface area (TPSA) is 52.3 Å². The number of benzene rings is 2. The minimum Gasteiger partial charge on any atom is -0.497 e. The van der Waals surface area contributed by atoms with Crippen LogP contribution in [0.1, 0.15) is 5.56 Å². The van der Waals surface area contributed by atoms with E-state index in [4.69, 9.17) is 21.4 Å². The van der Waals surface area contributed by atoms with Crippen LogP contribution in [0.4, 0.5) is 0 Å². The van der Waals surface area contributed by atoms with Gasteiger partial charge in [0.2, 0.25) is 5.16 Å². The summed E-state index contributed by atoms with van der Waals surface area (Å²) in [6, 6.07) is 15.4. The van der Waals surface area contributed by atoms with Crippen LogP contribution in [0.2, 0.25) is 5.02 Å². The molecule has 120 valence electrons. The van der Waals surface area contributed by atoms with Crippen molar-refractivity contribution in [1.82, 2.24) is 14.9 Å². The van der Waals surface area contributed by atoms with Crippen LogP contribution in [-0.2, 0) is 0 Å². The molecular formula is C17H13ClN4OS. The minimum absolute atomic E-state index is 0.714. The van der Waals surface area contributed by atoms with Gasteiger partial charge in [-0.2, -0.15) is 9.78 Å². The fourth-order valence-electron chi connectivity index (χ4n) is 2.43. The molecule has 0 saturated carbocycles. The van der Waals surface area contributed by atoms with Crippen LogP contribution in [0.5, 0.6) is 5.75 Å². The number of nitrogens with zero attached hydrogens (tertiary/aromatic N) is 4. The second-order valence-electron chi connectivity index (χ2n) is 5.19. The van der Waals surface area contributed by atoms with E-state index in [0.29, 0.717) is 10.8 Å². The Morgan fingerprint density at radius 2 is 1.71 bits per heavy atom. The zero-order valence-electron chi connectivity index (χ0n) is 12.8. The summed E-state index contributed by atoms with van der Waals surface area (Å²) in [6.45, 7) is 0. The Kier molecular flexibility index (Phi) is 4.00. The van der Waals surface area contributed by atoms with Gasteiger partial charge in [0.1, 0.15) is 5.75 Å². The number of ether oxygens (including phenoxy) is 1. The molecule has 7 heteroatoms. The fourth-order valence-corrected chi connectivity index (χ4v) is 3.40. The molecule has 0 atom stereocenters. The Labute approximate surface area is 148 Å². The maximum Gasteiger partial charge on any atom is 0.212 e. The summed E-state index contributed by atoms with van der Waals surface area (Å²) in [7, 11) is 1.65. The average molecular weight is 357 g/mol. The summed E-state index contributed by atoms with van der Waals surface area (Å²) in [5.74, 6) is 2.27. The highest BCUT2D eigenvalue weighted by molar-refractivity contribution is 7.99. The van der Waals surface area contributed by atoms with Crippen molar-refractivity contribution in [3.63, 3.8) is 0 Å². The fraction of sp³-hybridized carbons (Fsp3) is 0.118. The van der Waals surface area contributed by atoms with Crippen molar-refractivity contribution in [2.24, 2.45) is 5.10 Å². The normalized spacial score (nSPS) is 13.3. The lowest BCUT2D eigenvalue weighted by atomic mass is 10.1. The van der Waals surface area contributed by atoms with Crippen LogP contribution in [0, 0.1) is 0 Å². The highest BCUT2D eigenvalue weighted by Crippen LogP contribution is 2.29. The maximum atomic E-state index is 5.96. The SMILES string of the molecule is COc1ccc(-c2nnc3n2N=C(c2ccc(Cl)cc2)CS3)cc1. The number of aromatic nitrogens is 3. The minimum atomic E-state index is 0.714. The van der Waals surface area contributed by atoms with Gasteiger partial charge < -0.3 is 4.74 Å². The van der Waals surface area contributed by atoms with Crippen molar-refractivity contribution in [3.8, 4) is 17.1 Å². The molecule has 2 heterocycles. The number of hydrogen-bond donors (Lipinski definition) is 0. The number of fused-ring (bicyclic) bond motifs is 1. The summed E-state index contributed by atoms with van der Waals surface area (Å²) < 4.78 is 6.99. The molecule has 0 amide bonds. The first kappa shape index (κ1) is 15.2. The summed E-state index contributed by atoms with van der Waals surface area (Å²) >= 11 is 7.58. The summed E-state index contributed by atoms with van der Waals surface area (Å²) in [5.41, 5.74) is 2.96. The number of methoxy groups -OCH3 is 1. The third kappa shape index (κ3) is 2.79. The van der Waals surface area contributed by atoms with Gasteiger partial charge in [0.15, 0.2) is 5.82 Å².